The second-order valence-electron chi connectivity index (χ2n) is 6.85. The number of H-pyrrole nitrogens is 1. The third-order valence-corrected chi connectivity index (χ3v) is 6.12. The second kappa shape index (κ2) is 6.56. The first-order valence-corrected chi connectivity index (χ1v) is 10.2. The van der Waals surface area contributed by atoms with E-state index in [1.165, 1.54) is 10.4 Å². The van der Waals surface area contributed by atoms with Gasteiger partial charge in [-0.15, -0.1) is 0 Å². The van der Waals surface area contributed by atoms with Crippen molar-refractivity contribution in [3.8, 4) is 11.1 Å². The number of benzene rings is 1. The second-order valence-corrected chi connectivity index (χ2v) is 8.30. The van der Waals surface area contributed by atoms with Gasteiger partial charge in [0.05, 0.1) is 0 Å². The number of nitrogens with zero attached hydrogens (tertiary/aromatic N) is 2. The van der Waals surface area contributed by atoms with Crippen molar-refractivity contribution < 1.29 is 8.42 Å². The molecule has 140 valence electrons. The summed E-state index contributed by atoms with van der Waals surface area (Å²) in [7, 11) is -3.75. The molecule has 7 nitrogen and oxygen atoms in total. The van der Waals surface area contributed by atoms with Crippen LogP contribution in [-0.4, -0.2) is 28.7 Å². The van der Waals surface area contributed by atoms with E-state index in [1.54, 1.807) is 12.3 Å². The smallest absolute Gasteiger partial charge is 0.277 e. The number of hydrogen-bond acceptors (Lipinski definition) is 4. The van der Waals surface area contributed by atoms with Crippen LogP contribution in [0.5, 0.6) is 0 Å². The summed E-state index contributed by atoms with van der Waals surface area (Å²) in [4.78, 5) is 18.4. The van der Waals surface area contributed by atoms with Crippen LogP contribution in [0.2, 0.25) is 0 Å². The zero-order valence-corrected chi connectivity index (χ0v) is 15.6. The van der Waals surface area contributed by atoms with Crippen LogP contribution in [0.15, 0.2) is 53.5 Å². The van der Waals surface area contributed by atoms with Gasteiger partial charge in [0.2, 0.25) is 5.56 Å². The molecule has 2 heterocycles. The molecule has 8 heteroatoms. The molecule has 0 bridgehead atoms. The van der Waals surface area contributed by atoms with Crippen molar-refractivity contribution in [3.05, 3.63) is 64.6 Å². The Bertz CT molecular complexity index is 1150. The molecule has 0 spiro atoms. The van der Waals surface area contributed by atoms with E-state index in [0.717, 1.165) is 34.9 Å². The maximum Gasteiger partial charge on any atom is 0.277 e. The number of fused-ring (bicyclic) bond motifs is 1. The molecule has 0 aliphatic heterocycles. The Morgan fingerprint density at radius 2 is 1.85 bits per heavy atom. The molecular formula is C19H20N4O3S. The molecule has 4 rings (SSSR count). The third-order valence-electron chi connectivity index (χ3n) is 4.92. The molecule has 3 N–H and O–H groups in total. The van der Waals surface area contributed by atoms with Crippen molar-refractivity contribution in [2.75, 3.05) is 0 Å². The van der Waals surface area contributed by atoms with Crippen LogP contribution in [0.25, 0.3) is 22.2 Å². The lowest BCUT2D eigenvalue weighted by Crippen LogP contribution is -2.40. The van der Waals surface area contributed by atoms with Gasteiger partial charge in [0.1, 0.15) is 5.65 Å². The number of nitrogens with one attached hydrogen (secondary N) is 1. The van der Waals surface area contributed by atoms with Crippen molar-refractivity contribution in [1.82, 2.24) is 14.3 Å². The first kappa shape index (κ1) is 17.8. The Morgan fingerprint density at radius 3 is 2.48 bits per heavy atom. The molecule has 3 aromatic rings. The van der Waals surface area contributed by atoms with Gasteiger partial charge in [-0.25, -0.2) is 10.1 Å². The van der Waals surface area contributed by atoms with Gasteiger partial charge in [-0.3, -0.25) is 4.79 Å². The molecule has 1 saturated carbocycles. The van der Waals surface area contributed by atoms with E-state index in [-0.39, 0.29) is 17.6 Å². The van der Waals surface area contributed by atoms with Gasteiger partial charge < -0.3 is 4.98 Å². The third kappa shape index (κ3) is 3.51. The van der Waals surface area contributed by atoms with Crippen LogP contribution in [0.4, 0.5) is 0 Å². The zero-order chi connectivity index (χ0) is 19.2. The molecule has 27 heavy (non-hydrogen) atoms. The Balaban J connectivity index is 1.70. The average molecular weight is 384 g/mol. The van der Waals surface area contributed by atoms with E-state index < -0.39 is 10.2 Å². The Kier molecular flexibility index (Phi) is 4.33. The van der Waals surface area contributed by atoms with Gasteiger partial charge in [-0.05, 0) is 48.6 Å². The number of rotatable bonds is 5. The van der Waals surface area contributed by atoms with Gasteiger partial charge in [0.15, 0.2) is 0 Å². The van der Waals surface area contributed by atoms with Gasteiger partial charge in [0, 0.05) is 29.7 Å². The molecule has 0 saturated heterocycles. The van der Waals surface area contributed by atoms with Crippen LogP contribution in [-0.2, 0) is 10.2 Å². The maximum absolute atomic E-state index is 12.0. The van der Waals surface area contributed by atoms with Gasteiger partial charge in [-0.2, -0.15) is 12.7 Å². The highest BCUT2D eigenvalue weighted by Gasteiger charge is 2.39. The van der Waals surface area contributed by atoms with Crippen LogP contribution in [0.3, 0.4) is 0 Å². The van der Waals surface area contributed by atoms with Gasteiger partial charge in [0.25, 0.3) is 10.2 Å². The Hall–Kier alpha value is -2.55. The fourth-order valence-corrected chi connectivity index (χ4v) is 4.66. The minimum absolute atomic E-state index is 0.00404. The van der Waals surface area contributed by atoms with E-state index in [9.17, 15) is 13.2 Å². The van der Waals surface area contributed by atoms with Crippen molar-refractivity contribution in [2.24, 2.45) is 5.14 Å². The first-order valence-electron chi connectivity index (χ1n) is 8.74. The molecule has 1 aromatic carbocycles. The minimum atomic E-state index is -3.75. The number of nitrogens with two attached hydrogens (primary N) is 1. The molecule has 1 aliphatic rings. The predicted octanol–water partition coefficient (Wildman–Crippen LogP) is 2.32. The largest absolute Gasteiger partial charge is 0.307 e. The lowest BCUT2D eigenvalue weighted by molar-refractivity contribution is 0.334. The molecule has 0 unspecified atom stereocenters. The van der Waals surface area contributed by atoms with Gasteiger partial charge in [-0.1, -0.05) is 24.3 Å². The highest BCUT2D eigenvalue weighted by Crippen LogP contribution is 2.36. The Labute approximate surface area is 157 Å². The fourth-order valence-electron chi connectivity index (χ4n) is 3.47. The topological polar surface area (TPSA) is 109 Å². The lowest BCUT2D eigenvalue weighted by atomic mass is 9.99. The monoisotopic (exact) mass is 384 g/mol. The zero-order valence-electron chi connectivity index (χ0n) is 14.8. The summed E-state index contributed by atoms with van der Waals surface area (Å²) in [6, 6.07) is 12.5. The molecule has 0 amide bonds. The Morgan fingerprint density at radius 1 is 1.15 bits per heavy atom. The van der Waals surface area contributed by atoms with Gasteiger partial charge >= 0.3 is 0 Å². The lowest BCUT2D eigenvalue weighted by Gasteiger charge is -2.26. The van der Waals surface area contributed by atoms with Crippen molar-refractivity contribution in [3.63, 3.8) is 0 Å². The highest BCUT2D eigenvalue weighted by atomic mass is 32.2. The first-order chi connectivity index (χ1) is 12.8. The SMILES string of the molecule is C[C@H](c1ccc(-c2ccnc3[nH]c(=O)ccc23)cc1)N(C1CC1)S(N)(=O)=O. The van der Waals surface area contributed by atoms with Crippen molar-refractivity contribution in [1.29, 1.82) is 0 Å². The van der Waals surface area contributed by atoms with E-state index in [4.69, 9.17) is 5.14 Å². The summed E-state index contributed by atoms with van der Waals surface area (Å²) in [5, 5.41) is 6.27. The maximum atomic E-state index is 12.0. The molecule has 0 radical (unpaired) electrons. The molecule has 1 aliphatic carbocycles. The quantitative estimate of drug-likeness (QED) is 0.703. The number of pyridine rings is 2. The number of aromatic amines is 1. The highest BCUT2D eigenvalue weighted by molar-refractivity contribution is 7.86. The normalized spacial score (nSPS) is 16.0. The van der Waals surface area contributed by atoms with Crippen molar-refractivity contribution in [2.45, 2.75) is 31.8 Å². The number of hydrogen-bond donors (Lipinski definition) is 2. The van der Waals surface area contributed by atoms with Crippen molar-refractivity contribution >= 4 is 21.2 Å². The van der Waals surface area contributed by atoms with Crippen LogP contribution >= 0.6 is 0 Å². The molecule has 1 fully saturated rings. The summed E-state index contributed by atoms with van der Waals surface area (Å²) < 4.78 is 25.3. The standard InChI is InChI=1S/C19H20N4O3S/c1-12(23(15-6-7-15)27(20,25)26)13-2-4-14(5-3-13)16-10-11-21-19-17(16)8-9-18(24)22-19/h2-5,8-12,15H,6-7H2,1H3,(H2,20,25,26)(H,21,22,24)/t12-/m1/s1. The van der Waals surface area contributed by atoms with Crippen LogP contribution in [0, 0.1) is 0 Å². The van der Waals surface area contributed by atoms with Crippen LogP contribution < -0.4 is 10.7 Å². The van der Waals surface area contributed by atoms with Crippen LogP contribution in [0.1, 0.15) is 31.4 Å². The molecular weight excluding hydrogens is 364 g/mol. The summed E-state index contributed by atoms with van der Waals surface area (Å²) >= 11 is 0. The summed E-state index contributed by atoms with van der Waals surface area (Å²) in [6.07, 6.45) is 3.35. The van der Waals surface area contributed by atoms with E-state index in [2.05, 4.69) is 9.97 Å². The number of aromatic nitrogens is 2. The van der Waals surface area contributed by atoms with E-state index in [1.807, 2.05) is 37.3 Å². The molecule has 2 aromatic heterocycles. The van der Waals surface area contributed by atoms with E-state index in [0.29, 0.717) is 5.65 Å². The minimum Gasteiger partial charge on any atom is -0.307 e. The summed E-state index contributed by atoms with van der Waals surface area (Å²) in [5.74, 6) is 0. The molecule has 1 atom stereocenters. The fraction of sp³-hybridized carbons (Fsp3) is 0.263. The summed E-state index contributed by atoms with van der Waals surface area (Å²) in [6.45, 7) is 1.85. The predicted molar refractivity (Wildman–Crippen MR) is 104 cm³/mol. The average Bonchev–Trinajstić information content (AvgIpc) is 3.44. The summed E-state index contributed by atoms with van der Waals surface area (Å²) in [5.41, 5.74) is 3.12. The van der Waals surface area contributed by atoms with E-state index >= 15 is 0 Å².